The van der Waals surface area contributed by atoms with E-state index in [1.807, 2.05) is 13.0 Å². The molecule has 0 saturated carbocycles. The Kier molecular flexibility index (Phi) is 5.18. The topological polar surface area (TPSA) is 84.2 Å². The molecule has 2 N–H and O–H groups in total. The zero-order chi connectivity index (χ0) is 17.0. The molecule has 0 fully saturated rings. The quantitative estimate of drug-likeness (QED) is 0.829. The van der Waals surface area contributed by atoms with Crippen LogP contribution in [0.5, 0.6) is 17.2 Å². The number of aliphatic hydroxyl groups is 1. The minimum Gasteiger partial charge on any atom is -0.505 e. The third-order valence-corrected chi connectivity index (χ3v) is 3.56. The molecule has 0 unspecified atom stereocenters. The summed E-state index contributed by atoms with van der Waals surface area (Å²) < 4.78 is 10.5. The van der Waals surface area contributed by atoms with Crippen molar-refractivity contribution in [1.29, 1.82) is 0 Å². The van der Waals surface area contributed by atoms with Gasteiger partial charge in [-0.15, -0.1) is 0 Å². The minimum absolute atomic E-state index is 0.0124. The summed E-state index contributed by atoms with van der Waals surface area (Å²) in [7, 11) is 3.13. The molecule has 6 nitrogen and oxygen atoms in total. The van der Waals surface area contributed by atoms with Crippen LogP contribution in [0.3, 0.4) is 0 Å². The molecule has 1 aromatic carbocycles. The number of methoxy groups -OCH3 is 2. The minimum atomic E-state index is -0.229. The molecule has 23 heavy (non-hydrogen) atoms. The molecule has 0 bridgehead atoms. The van der Waals surface area contributed by atoms with Gasteiger partial charge in [-0.25, -0.2) is 0 Å². The molecule has 0 saturated heterocycles. The summed E-state index contributed by atoms with van der Waals surface area (Å²) in [5, 5.41) is 19.5. The Morgan fingerprint density at radius 3 is 2.43 bits per heavy atom. The maximum Gasteiger partial charge on any atom is 0.162 e. The van der Waals surface area contributed by atoms with E-state index in [1.54, 1.807) is 27.2 Å². The second-order valence-corrected chi connectivity index (χ2v) is 5.04. The molecule has 0 aliphatic heterocycles. The predicted octanol–water partition coefficient (Wildman–Crippen LogP) is 2.66. The predicted molar refractivity (Wildman–Crippen MR) is 88.1 cm³/mol. The largest absolute Gasteiger partial charge is 0.505 e. The summed E-state index contributed by atoms with van der Waals surface area (Å²) in [5.74, 6) is 1.21. The van der Waals surface area contributed by atoms with Gasteiger partial charge in [-0.2, -0.15) is 0 Å². The lowest BCUT2D eigenvalue weighted by Crippen LogP contribution is -1.98. The number of aromatic nitrogens is 1. The summed E-state index contributed by atoms with van der Waals surface area (Å²) in [6.45, 7) is 3.36. The van der Waals surface area contributed by atoms with Gasteiger partial charge in [0, 0.05) is 29.6 Å². The Morgan fingerprint density at radius 2 is 1.83 bits per heavy atom. The number of pyridine rings is 1. The van der Waals surface area contributed by atoms with Crippen LogP contribution in [0, 0.1) is 13.8 Å². The molecule has 0 amide bonds. The van der Waals surface area contributed by atoms with Crippen molar-refractivity contribution in [2.75, 3.05) is 14.2 Å². The molecule has 0 atom stereocenters. The number of rotatable bonds is 5. The fourth-order valence-electron chi connectivity index (χ4n) is 2.17. The zero-order valence-electron chi connectivity index (χ0n) is 13.6. The molecule has 0 spiro atoms. The van der Waals surface area contributed by atoms with E-state index in [-0.39, 0.29) is 12.4 Å². The number of aliphatic hydroxyl groups excluding tert-OH is 1. The van der Waals surface area contributed by atoms with E-state index in [0.29, 0.717) is 34.0 Å². The van der Waals surface area contributed by atoms with Crippen LogP contribution in [-0.4, -0.2) is 35.6 Å². The maximum atomic E-state index is 10.1. The second kappa shape index (κ2) is 7.11. The van der Waals surface area contributed by atoms with Crippen LogP contribution in [0.2, 0.25) is 0 Å². The van der Waals surface area contributed by atoms with Crippen molar-refractivity contribution in [1.82, 2.24) is 4.98 Å². The first-order valence-corrected chi connectivity index (χ1v) is 7.06. The SMILES string of the molecule is COc1cc(C)c(N=Cc2c(CO)cnc(C)c2O)cc1OC. The van der Waals surface area contributed by atoms with Gasteiger partial charge in [-0.1, -0.05) is 0 Å². The highest BCUT2D eigenvalue weighted by Crippen LogP contribution is 2.34. The monoisotopic (exact) mass is 316 g/mol. The molecule has 1 aromatic heterocycles. The van der Waals surface area contributed by atoms with E-state index < -0.39 is 0 Å². The van der Waals surface area contributed by atoms with Gasteiger partial charge >= 0.3 is 0 Å². The summed E-state index contributed by atoms with van der Waals surface area (Å²) in [5.41, 5.74) is 3.02. The molecular weight excluding hydrogens is 296 g/mol. The van der Waals surface area contributed by atoms with Crippen molar-refractivity contribution in [2.45, 2.75) is 20.5 Å². The number of aromatic hydroxyl groups is 1. The standard InChI is InChI=1S/C17H20N2O4/c1-10-5-15(22-3)16(23-4)6-14(10)19-8-13-12(9-20)7-18-11(2)17(13)21/h5-8,20-21H,9H2,1-4H3. The van der Waals surface area contributed by atoms with Gasteiger partial charge in [-0.3, -0.25) is 9.98 Å². The summed E-state index contributed by atoms with van der Waals surface area (Å²) >= 11 is 0. The number of benzene rings is 1. The van der Waals surface area contributed by atoms with Crippen LogP contribution in [0.1, 0.15) is 22.4 Å². The van der Waals surface area contributed by atoms with Gasteiger partial charge in [-0.05, 0) is 25.5 Å². The Bertz CT molecular complexity index is 742. The summed E-state index contributed by atoms with van der Waals surface area (Å²) in [4.78, 5) is 8.44. The van der Waals surface area contributed by atoms with Gasteiger partial charge in [0.25, 0.3) is 0 Å². The van der Waals surface area contributed by atoms with Crippen molar-refractivity contribution < 1.29 is 19.7 Å². The van der Waals surface area contributed by atoms with Crippen molar-refractivity contribution in [3.63, 3.8) is 0 Å². The Balaban J connectivity index is 2.47. The van der Waals surface area contributed by atoms with Crippen LogP contribution in [0.4, 0.5) is 5.69 Å². The first-order chi connectivity index (χ1) is 11.0. The van der Waals surface area contributed by atoms with Crippen molar-refractivity contribution >= 4 is 11.9 Å². The summed E-state index contributed by atoms with van der Waals surface area (Å²) in [6, 6.07) is 3.59. The van der Waals surface area contributed by atoms with E-state index in [1.165, 1.54) is 12.4 Å². The van der Waals surface area contributed by atoms with E-state index in [4.69, 9.17) is 9.47 Å². The molecule has 0 radical (unpaired) electrons. The smallest absolute Gasteiger partial charge is 0.162 e. The van der Waals surface area contributed by atoms with E-state index in [9.17, 15) is 10.2 Å². The highest BCUT2D eigenvalue weighted by atomic mass is 16.5. The third kappa shape index (κ3) is 3.43. The molecule has 122 valence electrons. The number of hydrogen-bond acceptors (Lipinski definition) is 6. The number of nitrogens with zero attached hydrogens (tertiary/aromatic N) is 2. The Labute approximate surface area is 135 Å². The Morgan fingerprint density at radius 1 is 1.17 bits per heavy atom. The Hall–Kier alpha value is -2.60. The second-order valence-electron chi connectivity index (χ2n) is 5.04. The molecule has 0 aliphatic rings. The number of hydrogen-bond donors (Lipinski definition) is 2. The molecule has 2 aromatic rings. The number of aryl methyl sites for hydroxylation is 2. The van der Waals surface area contributed by atoms with Crippen LogP contribution in [-0.2, 0) is 6.61 Å². The molecule has 1 heterocycles. The van der Waals surface area contributed by atoms with Crippen LogP contribution >= 0.6 is 0 Å². The van der Waals surface area contributed by atoms with Crippen LogP contribution in [0.25, 0.3) is 0 Å². The third-order valence-electron chi connectivity index (χ3n) is 3.56. The van der Waals surface area contributed by atoms with Gasteiger partial charge in [0.05, 0.1) is 32.2 Å². The normalized spacial score (nSPS) is 11.0. The lowest BCUT2D eigenvalue weighted by atomic mass is 10.1. The first kappa shape index (κ1) is 16.8. The van der Waals surface area contributed by atoms with Crippen molar-refractivity contribution in [3.05, 3.63) is 40.7 Å². The van der Waals surface area contributed by atoms with Crippen LogP contribution in [0.15, 0.2) is 23.3 Å². The fraction of sp³-hybridized carbons (Fsp3) is 0.294. The molecule has 0 aliphatic carbocycles. The van der Waals surface area contributed by atoms with Gasteiger partial charge in [0.1, 0.15) is 5.75 Å². The highest BCUT2D eigenvalue weighted by Gasteiger charge is 2.11. The first-order valence-electron chi connectivity index (χ1n) is 7.06. The highest BCUT2D eigenvalue weighted by molar-refractivity contribution is 5.88. The van der Waals surface area contributed by atoms with Gasteiger partial charge in [0.15, 0.2) is 11.5 Å². The maximum absolute atomic E-state index is 10.1. The number of ether oxygens (including phenoxy) is 2. The lowest BCUT2D eigenvalue weighted by Gasteiger charge is -2.11. The lowest BCUT2D eigenvalue weighted by molar-refractivity contribution is 0.280. The van der Waals surface area contributed by atoms with Gasteiger partial charge in [0.2, 0.25) is 0 Å². The molecule has 6 heteroatoms. The van der Waals surface area contributed by atoms with E-state index in [2.05, 4.69) is 9.98 Å². The van der Waals surface area contributed by atoms with Gasteiger partial charge < -0.3 is 19.7 Å². The molecule has 2 rings (SSSR count). The van der Waals surface area contributed by atoms with E-state index >= 15 is 0 Å². The average molecular weight is 316 g/mol. The number of aliphatic imine (C=N–C) groups is 1. The zero-order valence-corrected chi connectivity index (χ0v) is 13.6. The average Bonchev–Trinajstić information content (AvgIpc) is 2.56. The molecular formula is C17H20N2O4. The fourth-order valence-corrected chi connectivity index (χ4v) is 2.17. The van der Waals surface area contributed by atoms with Crippen molar-refractivity contribution in [2.24, 2.45) is 4.99 Å². The van der Waals surface area contributed by atoms with E-state index in [0.717, 1.165) is 5.56 Å². The van der Waals surface area contributed by atoms with Crippen LogP contribution < -0.4 is 9.47 Å². The van der Waals surface area contributed by atoms with Crippen molar-refractivity contribution in [3.8, 4) is 17.2 Å². The summed E-state index contributed by atoms with van der Waals surface area (Å²) in [6.07, 6.45) is 3.04.